The molecule has 0 amide bonds. The van der Waals surface area contributed by atoms with Gasteiger partial charge in [-0.05, 0) is 30.9 Å². The van der Waals surface area contributed by atoms with Crippen LogP contribution in [-0.4, -0.2) is 69.2 Å². The molecule has 2 aliphatic rings. The molecule has 8 heteroatoms. The van der Waals surface area contributed by atoms with Gasteiger partial charge >= 0.3 is 0 Å². The minimum atomic E-state index is -3.37. The number of halogens is 1. The van der Waals surface area contributed by atoms with E-state index in [0.717, 1.165) is 37.5 Å². The Bertz CT molecular complexity index is 621. The standard InChI is InChI=1S/C15H23N3O2S2.ClH/c1-21-14-3-2-4-15(11-14)22(19,20)18-8-5-13(12-18)17-9-6-16-7-10-17;/h2-4,11,13,16H,5-10,12H2,1H3;1H. The van der Waals surface area contributed by atoms with E-state index in [1.54, 1.807) is 28.2 Å². The lowest BCUT2D eigenvalue weighted by molar-refractivity contribution is 0.179. The van der Waals surface area contributed by atoms with Crippen LogP contribution < -0.4 is 5.32 Å². The Labute approximate surface area is 149 Å². The Hall–Kier alpha value is -0.310. The molecular formula is C15H24ClN3O2S2. The van der Waals surface area contributed by atoms with Crippen LogP contribution in [0.25, 0.3) is 0 Å². The fourth-order valence-corrected chi connectivity index (χ4v) is 5.26. The summed E-state index contributed by atoms with van der Waals surface area (Å²) in [6.45, 7) is 5.27. The van der Waals surface area contributed by atoms with Crippen LogP contribution in [0.15, 0.2) is 34.1 Å². The van der Waals surface area contributed by atoms with Gasteiger partial charge in [0.1, 0.15) is 0 Å². The Morgan fingerprint density at radius 3 is 2.65 bits per heavy atom. The summed E-state index contributed by atoms with van der Waals surface area (Å²) in [5.41, 5.74) is 0. The Morgan fingerprint density at radius 1 is 1.22 bits per heavy atom. The molecule has 2 heterocycles. The zero-order valence-corrected chi connectivity index (χ0v) is 15.7. The van der Waals surface area contributed by atoms with E-state index in [1.807, 2.05) is 18.4 Å². The van der Waals surface area contributed by atoms with Crippen LogP contribution in [0.2, 0.25) is 0 Å². The van der Waals surface area contributed by atoms with E-state index in [1.165, 1.54) is 0 Å². The van der Waals surface area contributed by atoms with Gasteiger partial charge in [0, 0.05) is 50.2 Å². The summed E-state index contributed by atoms with van der Waals surface area (Å²) in [4.78, 5) is 3.82. The van der Waals surface area contributed by atoms with Gasteiger partial charge in [0.05, 0.1) is 4.90 Å². The fraction of sp³-hybridized carbons (Fsp3) is 0.600. The van der Waals surface area contributed by atoms with Crippen LogP contribution in [0.3, 0.4) is 0 Å². The summed E-state index contributed by atoms with van der Waals surface area (Å²) in [6.07, 6.45) is 2.89. The van der Waals surface area contributed by atoms with Crippen molar-refractivity contribution in [3.63, 3.8) is 0 Å². The zero-order valence-electron chi connectivity index (χ0n) is 13.3. The SMILES string of the molecule is CSc1cccc(S(=O)(=O)N2CCC(N3CCNCC3)C2)c1.Cl. The van der Waals surface area contributed by atoms with Crippen molar-refractivity contribution in [2.24, 2.45) is 0 Å². The number of nitrogens with zero attached hydrogens (tertiary/aromatic N) is 2. The van der Waals surface area contributed by atoms with Crippen LogP contribution in [-0.2, 0) is 10.0 Å². The average molecular weight is 378 g/mol. The number of hydrogen-bond acceptors (Lipinski definition) is 5. The summed E-state index contributed by atoms with van der Waals surface area (Å²) in [5.74, 6) is 0. The number of hydrogen-bond donors (Lipinski definition) is 1. The summed E-state index contributed by atoms with van der Waals surface area (Å²) >= 11 is 1.57. The van der Waals surface area contributed by atoms with E-state index < -0.39 is 10.0 Å². The highest BCUT2D eigenvalue weighted by molar-refractivity contribution is 7.98. The van der Waals surface area contributed by atoms with Crippen molar-refractivity contribution in [1.29, 1.82) is 0 Å². The molecule has 2 saturated heterocycles. The molecule has 2 fully saturated rings. The van der Waals surface area contributed by atoms with Crippen LogP contribution >= 0.6 is 24.2 Å². The summed E-state index contributed by atoms with van der Waals surface area (Å²) in [7, 11) is -3.37. The quantitative estimate of drug-likeness (QED) is 0.806. The number of nitrogens with one attached hydrogen (secondary N) is 1. The van der Waals surface area contributed by atoms with Gasteiger partial charge in [-0.15, -0.1) is 24.2 Å². The van der Waals surface area contributed by atoms with Crippen LogP contribution in [0.5, 0.6) is 0 Å². The predicted octanol–water partition coefficient (Wildman–Crippen LogP) is 1.50. The Kier molecular flexibility index (Phi) is 6.77. The first kappa shape index (κ1) is 19.0. The average Bonchev–Trinajstić information content (AvgIpc) is 3.06. The molecule has 0 radical (unpaired) electrons. The third kappa shape index (κ3) is 4.21. The molecule has 0 aromatic heterocycles. The van der Waals surface area contributed by atoms with Gasteiger partial charge in [-0.1, -0.05) is 6.07 Å². The van der Waals surface area contributed by atoms with Crippen molar-refractivity contribution < 1.29 is 8.42 Å². The summed E-state index contributed by atoms with van der Waals surface area (Å²) in [5, 5.41) is 3.34. The highest BCUT2D eigenvalue weighted by atomic mass is 35.5. The largest absolute Gasteiger partial charge is 0.314 e. The Balaban J connectivity index is 0.00000192. The molecule has 1 aromatic rings. The highest BCUT2D eigenvalue weighted by Crippen LogP contribution is 2.26. The number of benzene rings is 1. The summed E-state index contributed by atoms with van der Waals surface area (Å²) < 4.78 is 27.3. The van der Waals surface area contributed by atoms with Crippen molar-refractivity contribution in [3.8, 4) is 0 Å². The van der Waals surface area contributed by atoms with Gasteiger partial charge in [-0.2, -0.15) is 4.31 Å². The Morgan fingerprint density at radius 2 is 1.96 bits per heavy atom. The van der Waals surface area contributed by atoms with E-state index in [4.69, 9.17) is 0 Å². The van der Waals surface area contributed by atoms with Crippen molar-refractivity contribution in [2.75, 3.05) is 45.5 Å². The van der Waals surface area contributed by atoms with Crippen LogP contribution in [0.4, 0.5) is 0 Å². The van der Waals surface area contributed by atoms with E-state index in [-0.39, 0.29) is 12.4 Å². The lowest BCUT2D eigenvalue weighted by atomic mass is 10.2. The molecule has 1 atom stereocenters. The molecule has 0 aliphatic carbocycles. The monoisotopic (exact) mass is 377 g/mol. The third-order valence-corrected chi connectivity index (χ3v) is 7.06. The van der Waals surface area contributed by atoms with Crippen LogP contribution in [0.1, 0.15) is 6.42 Å². The summed E-state index contributed by atoms with van der Waals surface area (Å²) in [6, 6.07) is 7.60. The van der Waals surface area contributed by atoms with Crippen molar-refractivity contribution in [2.45, 2.75) is 22.3 Å². The molecule has 5 nitrogen and oxygen atoms in total. The van der Waals surface area contributed by atoms with Crippen LogP contribution in [0, 0.1) is 0 Å². The van der Waals surface area contributed by atoms with E-state index >= 15 is 0 Å². The van der Waals surface area contributed by atoms with E-state index in [9.17, 15) is 8.42 Å². The first-order valence-electron chi connectivity index (χ1n) is 7.70. The van der Waals surface area contributed by atoms with Gasteiger partial charge in [-0.25, -0.2) is 8.42 Å². The zero-order chi connectivity index (χ0) is 15.6. The van der Waals surface area contributed by atoms with Gasteiger partial charge in [-0.3, -0.25) is 4.90 Å². The minimum Gasteiger partial charge on any atom is -0.314 e. The molecule has 130 valence electrons. The molecule has 1 aromatic carbocycles. The second-order valence-corrected chi connectivity index (χ2v) is 8.59. The number of sulfonamides is 1. The number of piperazine rings is 1. The molecule has 3 rings (SSSR count). The number of thioether (sulfide) groups is 1. The highest BCUT2D eigenvalue weighted by Gasteiger charge is 2.35. The fourth-order valence-electron chi connectivity index (χ4n) is 3.18. The van der Waals surface area contributed by atoms with Crippen molar-refractivity contribution in [1.82, 2.24) is 14.5 Å². The maximum atomic E-state index is 12.8. The topological polar surface area (TPSA) is 52.7 Å². The second-order valence-electron chi connectivity index (χ2n) is 5.77. The predicted molar refractivity (Wildman–Crippen MR) is 97.1 cm³/mol. The van der Waals surface area contributed by atoms with Gasteiger partial charge in [0.15, 0.2) is 0 Å². The molecule has 1 unspecified atom stereocenters. The van der Waals surface area contributed by atoms with Crippen molar-refractivity contribution in [3.05, 3.63) is 24.3 Å². The first-order valence-corrected chi connectivity index (χ1v) is 10.4. The lowest BCUT2D eigenvalue weighted by Crippen LogP contribution is -2.49. The minimum absolute atomic E-state index is 0. The van der Waals surface area contributed by atoms with Crippen molar-refractivity contribution >= 4 is 34.2 Å². The lowest BCUT2D eigenvalue weighted by Gasteiger charge is -2.32. The van der Waals surface area contributed by atoms with Gasteiger partial charge in [0.2, 0.25) is 10.0 Å². The maximum absolute atomic E-state index is 12.8. The van der Waals surface area contributed by atoms with E-state index in [2.05, 4.69) is 10.2 Å². The normalized spacial score (nSPS) is 23.6. The van der Waals surface area contributed by atoms with Gasteiger partial charge in [0.25, 0.3) is 0 Å². The molecule has 23 heavy (non-hydrogen) atoms. The second kappa shape index (κ2) is 8.18. The molecule has 2 aliphatic heterocycles. The first-order chi connectivity index (χ1) is 10.6. The number of rotatable bonds is 4. The third-order valence-electron chi connectivity index (χ3n) is 4.47. The van der Waals surface area contributed by atoms with E-state index in [0.29, 0.717) is 24.0 Å². The molecule has 1 N–H and O–H groups in total. The van der Waals surface area contributed by atoms with Gasteiger partial charge < -0.3 is 5.32 Å². The molecule has 0 bridgehead atoms. The molecular weight excluding hydrogens is 354 g/mol. The maximum Gasteiger partial charge on any atom is 0.243 e. The molecule has 0 spiro atoms. The molecule has 0 saturated carbocycles. The smallest absolute Gasteiger partial charge is 0.243 e.